The summed E-state index contributed by atoms with van der Waals surface area (Å²) in [5.74, 6) is 0. The average molecular weight is 134 g/mol. The van der Waals surface area contributed by atoms with E-state index in [-0.39, 0.29) is 5.12 Å². The summed E-state index contributed by atoms with van der Waals surface area (Å²) >= 11 is 0. The van der Waals surface area contributed by atoms with Gasteiger partial charge in [-0.05, 0) is 6.92 Å². The molecule has 0 rings (SSSR count). The quantitative estimate of drug-likeness (QED) is 0.383. The minimum Gasteiger partial charge on any atom is -0.230 e. The molecule has 51 valence electrons. The van der Waals surface area contributed by atoms with Crippen molar-refractivity contribution in [2.45, 2.75) is 0 Å². The van der Waals surface area contributed by atoms with E-state index in [0.717, 1.165) is 0 Å². The van der Waals surface area contributed by atoms with Crippen molar-refractivity contribution in [2.24, 2.45) is 0 Å². The lowest BCUT2D eigenvalue weighted by Crippen LogP contribution is -2.35. The van der Waals surface area contributed by atoms with Gasteiger partial charge in [0.05, 0.1) is 0 Å². The number of nitrogens with zero attached hydrogens (tertiary/aromatic N) is 3. The Morgan fingerprint density at radius 2 is 1.67 bits per heavy atom. The molecule has 0 saturated carbocycles. The molecule has 0 aromatic carbocycles. The largest absolute Gasteiger partial charge is 0.230 e. The molecule has 9 heavy (non-hydrogen) atoms. The van der Waals surface area contributed by atoms with E-state index in [9.17, 15) is 20.2 Å². The lowest BCUT2D eigenvalue weighted by atomic mass is 10.8. The van der Waals surface area contributed by atoms with Crippen LogP contribution in [0.2, 0.25) is 0 Å². The van der Waals surface area contributed by atoms with Gasteiger partial charge in [0.25, 0.3) is 0 Å². The first-order chi connectivity index (χ1) is 4.09. The summed E-state index contributed by atoms with van der Waals surface area (Å²) in [4.78, 5) is 19.2. The van der Waals surface area contributed by atoms with Crippen LogP contribution in [0.1, 0.15) is 0 Å². The molecule has 0 bridgehead atoms. The zero-order valence-corrected chi connectivity index (χ0v) is 4.39. The first kappa shape index (κ1) is 7.60. The van der Waals surface area contributed by atoms with Gasteiger partial charge in [0.15, 0.2) is 11.7 Å². The van der Waals surface area contributed by atoms with Crippen molar-refractivity contribution < 1.29 is 10.1 Å². The molecule has 0 saturated heterocycles. The Kier molecular flexibility index (Phi) is 2.36. The highest BCUT2D eigenvalue weighted by Crippen LogP contribution is 1.84. The second-order valence-electron chi connectivity index (χ2n) is 1.07. The molecule has 0 spiro atoms. The molecule has 0 aliphatic heterocycles. The fraction of sp³-hybridized carbons (Fsp3) is 0.500. The summed E-state index contributed by atoms with van der Waals surface area (Å²) in [6.07, 6.45) is 0. The second kappa shape index (κ2) is 2.80. The lowest BCUT2D eigenvalue weighted by molar-refractivity contribution is -0.905. The normalized spacial score (nSPS) is 8.56. The zero-order valence-electron chi connectivity index (χ0n) is 4.39. The molecule has 0 unspecified atom stereocenters. The Balaban J connectivity index is 3.99. The number of hydrogen-bond acceptors (Lipinski definition) is 4. The Morgan fingerprint density at radius 3 is 1.67 bits per heavy atom. The van der Waals surface area contributed by atoms with E-state index in [2.05, 4.69) is 6.92 Å². The van der Waals surface area contributed by atoms with Crippen LogP contribution in [-0.2, 0) is 0 Å². The number of rotatable bonds is 3. The van der Waals surface area contributed by atoms with Gasteiger partial charge in [-0.15, -0.1) is 0 Å². The lowest BCUT2D eigenvalue weighted by Gasteiger charge is -1.97. The highest BCUT2D eigenvalue weighted by atomic mass is 16.8. The summed E-state index contributed by atoms with van der Waals surface area (Å²) < 4.78 is 0. The van der Waals surface area contributed by atoms with E-state index >= 15 is 0 Å². The first-order valence-electron chi connectivity index (χ1n) is 1.95. The first-order valence-corrected chi connectivity index (χ1v) is 1.95. The Labute approximate surface area is 50.1 Å². The third-order valence-corrected chi connectivity index (χ3v) is 0.577. The van der Waals surface area contributed by atoms with Gasteiger partial charge in [-0.25, -0.2) is 20.2 Å². The summed E-state index contributed by atoms with van der Waals surface area (Å²) in [7, 11) is 0. The number of nitro groups is 2. The highest BCUT2D eigenvalue weighted by molar-refractivity contribution is 4.31. The Hall–Kier alpha value is -1.40. The minimum absolute atomic E-state index is 0.208. The topological polar surface area (TPSA) is 89.5 Å². The molecule has 0 fully saturated rings. The van der Waals surface area contributed by atoms with Crippen molar-refractivity contribution in [3.8, 4) is 0 Å². The van der Waals surface area contributed by atoms with Crippen molar-refractivity contribution in [3.63, 3.8) is 0 Å². The molecule has 0 aliphatic carbocycles. The van der Waals surface area contributed by atoms with Gasteiger partial charge in [0.1, 0.15) is 0 Å². The fourth-order valence-corrected chi connectivity index (χ4v) is 0.223. The SMILES string of the molecule is [CH2]CN([N+](=O)[O-])[N+](=O)[O-]. The van der Waals surface area contributed by atoms with E-state index in [0.29, 0.717) is 0 Å². The van der Waals surface area contributed by atoms with Crippen molar-refractivity contribution in [1.29, 1.82) is 0 Å². The van der Waals surface area contributed by atoms with Crippen LogP contribution in [0.3, 0.4) is 0 Å². The number of hydrogen-bond donors (Lipinski definition) is 0. The van der Waals surface area contributed by atoms with Crippen molar-refractivity contribution >= 4 is 0 Å². The standard InChI is InChI=1S/C2H4N3O4/c1-2-3(4(6)7)5(8)9/h1-2H2. The molecule has 0 aromatic heterocycles. The van der Waals surface area contributed by atoms with Crippen molar-refractivity contribution in [2.75, 3.05) is 6.54 Å². The summed E-state index contributed by atoms with van der Waals surface area (Å²) in [6.45, 7) is 2.48. The molecule has 0 amide bonds. The van der Waals surface area contributed by atoms with Gasteiger partial charge < -0.3 is 0 Å². The minimum atomic E-state index is -1.13. The predicted octanol–water partition coefficient (Wildman–Crippen LogP) is -0.494. The van der Waals surface area contributed by atoms with Gasteiger partial charge in [-0.2, -0.15) is 0 Å². The van der Waals surface area contributed by atoms with Crippen LogP contribution in [0.15, 0.2) is 0 Å². The van der Waals surface area contributed by atoms with Crippen LogP contribution in [-0.4, -0.2) is 21.7 Å². The Morgan fingerprint density at radius 1 is 1.33 bits per heavy atom. The zero-order chi connectivity index (χ0) is 7.44. The smallest absolute Gasteiger partial charge is 0.222 e. The molecular weight excluding hydrogens is 130 g/mol. The van der Waals surface area contributed by atoms with Crippen LogP contribution in [0, 0.1) is 27.2 Å². The van der Waals surface area contributed by atoms with E-state index in [1.54, 1.807) is 0 Å². The maximum absolute atomic E-state index is 9.62. The fourth-order valence-electron chi connectivity index (χ4n) is 0.223. The van der Waals surface area contributed by atoms with E-state index in [4.69, 9.17) is 0 Å². The number of hydrazine groups is 2. The summed E-state index contributed by atoms with van der Waals surface area (Å²) in [5.41, 5.74) is 0. The van der Waals surface area contributed by atoms with Gasteiger partial charge in [0, 0.05) is 0 Å². The predicted molar refractivity (Wildman–Crippen MR) is 26.1 cm³/mol. The second-order valence-corrected chi connectivity index (χ2v) is 1.07. The molecular formula is C2H4N3O4. The molecule has 0 N–H and O–H groups in total. The van der Waals surface area contributed by atoms with Crippen LogP contribution in [0.25, 0.3) is 0 Å². The van der Waals surface area contributed by atoms with Crippen LogP contribution >= 0.6 is 0 Å². The monoisotopic (exact) mass is 134 g/mol. The summed E-state index contributed by atoms with van der Waals surface area (Å²) in [6, 6.07) is 0. The molecule has 0 aromatic rings. The van der Waals surface area contributed by atoms with Crippen LogP contribution < -0.4 is 0 Å². The van der Waals surface area contributed by atoms with E-state index in [1.165, 1.54) is 0 Å². The molecule has 7 heteroatoms. The van der Waals surface area contributed by atoms with Gasteiger partial charge in [0.2, 0.25) is 10.1 Å². The molecule has 7 nitrogen and oxygen atoms in total. The van der Waals surface area contributed by atoms with Crippen LogP contribution in [0.4, 0.5) is 0 Å². The maximum Gasteiger partial charge on any atom is 0.222 e. The van der Waals surface area contributed by atoms with E-state index < -0.39 is 16.6 Å². The van der Waals surface area contributed by atoms with Crippen molar-refractivity contribution in [3.05, 3.63) is 27.2 Å². The maximum atomic E-state index is 9.62. The third kappa shape index (κ3) is 1.89. The van der Waals surface area contributed by atoms with Gasteiger partial charge in [-0.3, -0.25) is 0 Å². The molecule has 0 aliphatic rings. The third-order valence-electron chi connectivity index (χ3n) is 0.577. The summed E-state index contributed by atoms with van der Waals surface area (Å²) in [5, 5.41) is 16.8. The Bertz CT molecular complexity index is 120. The molecule has 1 radical (unpaired) electrons. The van der Waals surface area contributed by atoms with Crippen LogP contribution in [0.5, 0.6) is 0 Å². The van der Waals surface area contributed by atoms with Gasteiger partial charge >= 0.3 is 0 Å². The average Bonchev–Trinajstić information content (AvgIpc) is 1.64. The van der Waals surface area contributed by atoms with Gasteiger partial charge in [-0.1, -0.05) is 0 Å². The highest BCUT2D eigenvalue weighted by Gasteiger charge is 2.22. The van der Waals surface area contributed by atoms with E-state index in [1.807, 2.05) is 0 Å². The molecule has 0 atom stereocenters. The molecule has 0 heterocycles. The van der Waals surface area contributed by atoms with Crippen molar-refractivity contribution in [1.82, 2.24) is 5.12 Å².